The van der Waals surface area contributed by atoms with Crippen LogP contribution in [0, 0.1) is 0 Å². The molecule has 0 aliphatic rings. The fraction of sp³-hybridized carbons (Fsp3) is 0.462. The van der Waals surface area contributed by atoms with E-state index in [1.807, 2.05) is 6.92 Å². The van der Waals surface area contributed by atoms with Crippen molar-refractivity contribution in [2.45, 2.75) is 26.4 Å². The molecule has 0 spiro atoms. The van der Waals surface area contributed by atoms with Gasteiger partial charge in [0.1, 0.15) is 5.75 Å². The minimum Gasteiger partial charge on any atom is -0.435 e. The van der Waals surface area contributed by atoms with Crippen molar-refractivity contribution in [3.8, 4) is 5.75 Å². The molecule has 0 fully saturated rings. The minimum atomic E-state index is -2.81. The standard InChI is InChI=1S/C13H19F2N3O/c1-2-8-17-13(16)18-9-7-10-5-3-4-6-11(10)19-12(14)15/h3-6,12H,2,7-9H2,1H3,(H3,16,17,18). The predicted molar refractivity (Wildman–Crippen MR) is 71.6 cm³/mol. The van der Waals surface area contributed by atoms with Crippen molar-refractivity contribution >= 4 is 5.96 Å². The smallest absolute Gasteiger partial charge is 0.387 e. The van der Waals surface area contributed by atoms with Crippen molar-refractivity contribution in [1.82, 2.24) is 5.32 Å². The maximum absolute atomic E-state index is 12.2. The van der Waals surface area contributed by atoms with E-state index in [0.717, 1.165) is 6.42 Å². The third-order valence-corrected chi connectivity index (χ3v) is 2.39. The second kappa shape index (κ2) is 8.29. The molecular weight excluding hydrogens is 252 g/mol. The lowest BCUT2D eigenvalue weighted by Gasteiger charge is -2.11. The van der Waals surface area contributed by atoms with E-state index in [2.05, 4.69) is 15.0 Å². The van der Waals surface area contributed by atoms with Crippen LogP contribution in [0.4, 0.5) is 8.78 Å². The summed E-state index contributed by atoms with van der Waals surface area (Å²) < 4.78 is 28.9. The Hall–Kier alpha value is -1.85. The number of ether oxygens (including phenoxy) is 1. The van der Waals surface area contributed by atoms with Crippen molar-refractivity contribution in [2.75, 3.05) is 13.1 Å². The summed E-state index contributed by atoms with van der Waals surface area (Å²) in [5, 5.41) is 2.93. The summed E-state index contributed by atoms with van der Waals surface area (Å²) in [6, 6.07) is 6.71. The van der Waals surface area contributed by atoms with Crippen LogP contribution in [0.3, 0.4) is 0 Å². The number of halogens is 2. The van der Waals surface area contributed by atoms with Crippen LogP contribution in [-0.2, 0) is 6.42 Å². The Kier molecular flexibility index (Phi) is 6.63. The van der Waals surface area contributed by atoms with Gasteiger partial charge in [0.15, 0.2) is 5.96 Å². The number of hydrogen-bond donors (Lipinski definition) is 2. The van der Waals surface area contributed by atoms with E-state index in [0.29, 0.717) is 31.0 Å². The zero-order valence-electron chi connectivity index (χ0n) is 10.9. The number of hydrogen-bond acceptors (Lipinski definition) is 2. The summed E-state index contributed by atoms with van der Waals surface area (Å²) in [5.41, 5.74) is 6.34. The molecular formula is C13H19F2N3O. The number of rotatable bonds is 7. The lowest BCUT2D eigenvalue weighted by molar-refractivity contribution is -0.0504. The largest absolute Gasteiger partial charge is 0.435 e. The SMILES string of the molecule is CCCN=C(N)NCCc1ccccc1OC(F)F. The lowest BCUT2D eigenvalue weighted by atomic mass is 10.1. The molecule has 0 unspecified atom stereocenters. The zero-order chi connectivity index (χ0) is 14.1. The number of aliphatic imine (C=N–C) groups is 1. The fourth-order valence-electron chi connectivity index (χ4n) is 1.53. The van der Waals surface area contributed by atoms with E-state index in [9.17, 15) is 8.78 Å². The van der Waals surface area contributed by atoms with Gasteiger partial charge in [-0.2, -0.15) is 8.78 Å². The molecule has 0 aromatic heterocycles. The molecule has 0 radical (unpaired) electrons. The van der Waals surface area contributed by atoms with Crippen LogP contribution in [0.15, 0.2) is 29.3 Å². The predicted octanol–water partition coefficient (Wildman–Crippen LogP) is 2.14. The molecule has 3 N–H and O–H groups in total. The van der Waals surface area contributed by atoms with Gasteiger partial charge < -0.3 is 15.8 Å². The molecule has 1 aromatic rings. The summed E-state index contributed by atoms with van der Waals surface area (Å²) in [5.74, 6) is 0.567. The number of benzene rings is 1. The number of nitrogens with two attached hydrogens (primary N) is 1. The summed E-state index contributed by atoms with van der Waals surface area (Å²) in [6.45, 7) is 0.381. The Bertz CT molecular complexity index is 411. The second-order valence-corrected chi connectivity index (χ2v) is 3.93. The monoisotopic (exact) mass is 271 g/mol. The number of alkyl halides is 2. The topological polar surface area (TPSA) is 59.6 Å². The molecule has 0 atom stereocenters. The van der Waals surface area contributed by atoms with Crippen molar-refractivity contribution in [3.63, 3.8) is 0 Å². The quantitative estimate of drug-likeness (QED) is 0.590. The van der Waals surface area contributed by atoms with Crippen molar-refractivity contribution in [2.24, 2.45) is 10.7 Å². The highest BCUT2D eigenvalue weighted by Crippen LogP contribution is 2.20. The number of guanidine groups is 1. The average Bonchev–Trinajstić information content (AvgIpc) is 2.38. The Labute approximate surface area is 111 Å². The van der Waals surface area contributed by atoms with E-state index in [1.165, 1.54) is 6.07 Å². The Morgan fingerprint density at radius 1 is 1.42 bits per heavy atom. The van der Waals surface area contributed by atoms with Crippen molar-refractivity contribution < 1.29 is 13.5 Å². The Morgan fingerprint density at radius 2 is 2.16 bits per heavy atom. The third kappa shape index (κ3) is 6.03. The van der Waals surface area contributed by atoms with Crippen LogP contribution in [0.2, 0.25) is 0 Å². The minimum absolute atomic E-state index is 0.198. The van der Waals surface area contributed by atoms with Crippen LogP contribution in [-0.4, -0.2) is 25.7 Å². The number of nitrogens with zero attached hydrogens (tertiary/aromatic N) is 1. The van der Waals surface area contributed by atoms with Crippen LogP contribution >= 0.6 is 0 Å². The molecule has 19 heavy (non-hydrogen) atoms. The van der Waals surface area contributed by atoms with Gasteiger partial charge in [-0.05, 0) is 24.5 Å². The second-order valence-electron chi connectivity index (χ2n) is 3.93. The lowest BCUT2D eigenvalue weighted by Crippen LogP contribution is -2.33. The molecule has 0 amide bonds. The first kappa shape index (κ1) is 15.2. The van der Waals surface area contributed by atoms with Gasteiger partial charge in [0.25, 0.3) is 0 Å². The normalized spacial score (nSPS) is 11.7. The van der Waals surface area contributed by atoms with Gasteiger partial charge in [-0.3, -0.25) is 4.99 Å². The number of nitrogens with one attached hydrogen (secondary N) is 1. The first-order chi connectivity index (χ1) is 9.13. The maximum atomic E-state index is 12.2. The van der Waals surface area contributed by atoms with E-state index in [-0.39, 0.29) is 5.75 Å². The first-order valence-electron chi connectivity index (χ1n) is 6.20. The number of para-hydroxylation sites is 1. The molecule has 6 heteroatoms. The molecule has 0 saturated heterocycles. The average molecular weight is 271 g/mol. The molecule has 4 nitrogen and oxygen atoms in total. The highest BCUT2D eigenvalue weighted by molar-refractivity contribution is 5.77. The molecule has 0 heterocycles. The zero-order valence-corrected chi connectivity index (χ0v) is 10.9. The highest BCUT2D eigenvalue weighted by Gasteiger charge is 2.08. The van der Waals surface area contributed by atoms with Crippen LogP contribution in [0.5, 0.6) is 5.75 Å². The maximum Gasteiger partial charge on any atom is 0.387 e. The molecule has 0 aliphatic carbocycles. The van der Waals surface area contributed by atoms with E-state index in [1.54, 1.807) is 18.2 Å². The van der Waals surface area contributed by atoms with Gasteiger partial charge in [0, 0.05) is 13.1 Å². The summed E-state index contributed by atoms with van der Waals surface area (Å²) in [7, 11) is 0. The fourth-order valence-corrected chi connectivity index (χ4v) is 1.53. The third-order valence-electron chi connectivity index (χ3n) is 2.39. The molecule has 1 aromatic carbocycles. The Morgan fingerprint density at radius 3 is 2.84 bits per heavy atom. The van der Waals surface area contributed by atoms with Gasteiger partial charge in [0.2, 0.25) is 0 Å². The van der Waals surface area contributed by atoms with Gasteiger partial charge in [-0.1, -0.05) is 25.1 Å². The highest BCUT2D eigenvalue weighted by atomic mass is 19.3. The molecule has 0 bridgehead atoms. The summed E-state index contributed by atoms with van der Waals surface area (Å²) in [4.78, 5) is 4.08. The molecule has 0 saturated carbocycles. The molecule has 1 rings (SSSR count). The van der Waals surface area contributed by atoms with Crippen LogP contribution in [0.25, 0.3) is 0 Å². The van der Waals surface area contributed by atoms with Crippen molar-refractivity contribution in [1.29, 1.82) is 0 Å². The molecule has 106 valence electrons. The van der Waals surface area contributed by atoms with Gasteiger partial charge >= 0.3 is 6.61 Å². The van der Waals surface area contributed by atoms with Crippen molar-refractivity contribution in [3.05, 3.63) is 29.8 Å². The van der Waals surface area contributed by atoms with Gasteiger partial charge in [-0.15, -0.1) is 0 Å². The Balaban J connectivity index is 2.49. The van der Waals surface area contributed by atoms with Gasteiger partial charge in [0.05, 0.1) is 0 Å². The summed E-state index contributed by atoms with van der Waals surface area (Å²) >= 11 is 0. The molecule has 0 aliphatic heterocycles. The van der Waals surface area contributed by atoms with Gasteiger partial charge in [-0.25, -0.2) is 0 Å². The van der Waals surface area contributed by atoms with E-state index < -0.39 is 6.61 Å². The van der Waals surface area contributed by atoms with E-state index in [4.69, 9.17) is 5.73 Å². The first-order valence-corrected chi connectivity index (χ1v) is 6.20. The van der Waals surface area contributed by atoms with Crippen LogP contribution < -0.4 is 15.8 Å². The summed E-state index contributed by atoms with van der Waals surface area (Å²) in [6.07, 6.45) is 1.46. The van der Waals surface area contributed by atoms with Crippen LogP contribution in [0.1, 0.15) is 18.9 Å². The van der Waals surface area contributed by atoms with E-state index >= 15 is 0 Å².